The molecule has 1 N–H and O–H groups in total. The summed E-state index contributed by atoms with van der Waals surface area (Å²) in [5.74, 6) is 0.350. The third-order valence-electron chi connectivity index (χ3n) is 3.13. The Bertz CT molecular complexity index is 516. The van der Waals surface area contributed by atoms with Crippen LogP contribution in [0.1, 0.15) is 18.4 Å². The molecule has 1 heterocycles. The summed E-state index contributed by atoms with van der Waals surface area (Å²) >= 11 is 10.2. The highest BCUT2D eigenvalue weighted by molar-refractivity contribution is 9.10. The standard InChI is InChI=1S/C14H17BrN2OS2/c1-10-8-11(4-5-12(10)15)16-13(18)9-20-14(19)17-6-2-3-7-17/h4-5,8H,2-3,6-7,9H2,1H3,(H,16,18). The Labute approximate surface area is 137 Å². The van der Waals surface area contributed by atoms with Crippen LogP contribution in [0.15, 0.2) is 22.7 Å². The van der Waals surface area contributed by atoms with Gasteiger partial charge in [0.05, 0.1) is 5.75 Å². The van der Waals surface area contributed by atoms with Crippen LogP contribution in [-0.2, 0) is 4.79 Å². The van der Waals surface area contributed by atoms with Crippen LogP contribution in [0.4, 0.5) is 5.69 Å². The van der Waals surface area contributed by atoms with E-state index in [1.807, 2.05) is 25.1 Å². The van der Waals surface area contributed by atoms with Crippen molar-refractivity contribution in [3.8, 4) is 0 Å². The van der Waals surface area contributed by atoms with E-state index in [-0.39, 0.29) is 5.91 Å². The van der Waals surface area contributed by atoms with Crippen molar-refractivity contribution in [2.24, 2.45) is 0 Å². The summed E-state index contributed by atoms with van der Waals surface area (Å²) in [6.45, 7) is 4.05. The zero-order valence-corrected chi connectivity index (χ0v) is 14.5. The summed E-state index contributed by atoms with van der Waals surface area (Å²) in [6.07, 6.45) is 2.40. The summed E-state index contributed by atoms with van der Waals surface area (Å²) in [4.78, 5) is 14.1. The number of thiocarbonyl (C=S) groups is 1. The number of hydrogen-bond acceptors (Lipinski definition) is 3. The van der Waals surface area contributed by atoms with E-state index in [0.717, 1.165) is 33.1 Å². The predicted octanol–water partition coefficient (Wildman–Crippen LogP) is 3.81. The summed E-state index contributed by atoms with van der Waals surface area (Å²) in [7, 11) is 0. The molecule has 1 fully saturated rings. The minimum absolute atomic E-state index is 0.0155. The van der Waals surface area contributed by atoms with Gasteiger partial charge in [0, 0.05) is 23.2 Å². The van der Waals surface area contributed by atoms with E-state index in [1.54, 1.807) is 0 Å². The molecular weight excluding hydrogens is 356 g/mol. The first kappa shape index (κ1) is 15.8. The highest BCUT2D eigenvalue weighted by Gasteiger charge is 2.16. The van der Waals surface area contributed by atoms with Crippen LogP contribution in [0, 0.1) is 6.92 Å². The van der Waals surface area contributed by atoms with Gasteiger partial charge in [-0.3, -0.25) is 4.79 Å². The van der Waals surface area contributed by atoms with Gasteiger partial charge in [0.2, 0.25) is 5.91 Å². The van der Waals surface area contributed by atoms with E-state index in [2.05, 4.69) is 26.1 Å². The van der Waals surface area contributed by atoms with Gasteiger partial charge in [-0.2, -0.15) is 0 Å². The number of likely N-dealkylation sites (tertiary alicyclic amines) is 1. The van der Waals surface area contributed by atoms with Gasteiger partial charge < -0.3 is 10.2 Å². The molecule has 1 aromatic rings. The largest absolute Gasteiger partial charge is 0.358 e. The average Bonchev–Trinajstić information content (AvgIpc) is 2.94. The van der Waals surface area contributed by atoms with Crippen LogP contribution < -0.4 is 5.32 Å². The SMILES string of the molecule is Cc1cc(NC(=O)CSC(=S)N2CCCC2)ccc1Br. The summed E-state index contributed by atoms with van der Waals surface area (Å²) < 4.78 is 1.88. The number of carbonyl (C=O) groups excluding carboxylic acids is 1. The smallest absolute Gasteiger partial charge is 0.234 e. The van der Waals surface area contributed by atoms with Crippen LogP contribution in [0.2, 0.25) is 0 Å². The molecule has 0 radical (unpaired) electrons. The van der Waals surface area contributed by atoms with Gasteiger partial charge in [-0.1, -0.05) is 39.9 Å². The number of rotatable bonds is 3. The van der Waals surface area contributed by atoms with Gasteiger partial charge >= 0.3 is 0 Å². The van der Waals surface area contributed by atoms with Gasteiger partial charge in [-0.25, -0.2) is 0 Å². The lowest BCUT2D eigenvalue weighted by Gasteiger charge is -2.17. The molecule has 1 aliphatic rings. The minimum Gasteiger partial charge on any atom is -0.358 e. The van der Waals surface area contributed by atoms with Crippen LogP contribution in [0.5, 0.6) is 0 Å². The molecular formula is C14H17BrN2OS2. The lowest BCUT2D eigenvalue weighted by atomic mass is 10.2. The molecule has 1 saturated heterocycles. The molecule has 0 bridgehead atoms. The Kier molecular flexibility index (Phi) is 5.86. The molecule has 0 unspecified atom stereocenters. The van der Waals surface area contributed by atoms with E-state index >= 15 is 0 Å². The Morgan fingerprint density at radius 3 is 2.80 bits per heavy atom. The Morgan fingerprint density at radius 2 is 2.15 bits per heavy atom. The number of nitrogens with zero attached hydrogens (tertiary/aromatic N) is 1. The molecule has 0 aliphatic carbocycles. The highest BCUT2D eigenvalue weighted by Crippen LogP contribution is 2.21. The number of thioether (sulfide) groups is 1. The van der Waals surface area contributed by atoms with Crippen LogP contribution in [0.3, 0.4) is 0 Å². The first-order chi connectivity index (χ1) is 9.56. The molecule has 1 amide bonds. The Balaban J connectivity index is 1.80. The third-order valence-corrected chi connectivity index (χ3v) is 5.55. The van der Waals surface area contributed by atoms with Gasteiger partial charge in [-0.05, 0) is 43.5 Å². The zero-order chi connectivity index (χ0) is 14.5. The molecule has 1 aromatic carbocycles. The van der Waals surface area contributed by atoms with Crippen molar-refractivity contribution in [1.29, 1.82) is 0 Å². The number of aryl methyl sites for hydroxylation is 1. The fourth-order valence-electron chi connectivity index (χ4n) is 2.04. The lowest BCUT2D eigenvalue weighted by Crippen LogP contribution is -2.25. The van der Waals surface area contributed by atoms with Crippen molar-refractivity contribution in [2.45, 2.75) is 19.8 Å². The van der Waals surface area contributed by atoms with E-state index in [4.69, 9.17) is 12.2 Å². The molecule has 0 atom stereocenters. The molecule has 108 valence electrons. The van der Waals surface area contributed by atoms with Crippen LogP contribution in [-0.4, -0.2) is 34.0 Å². The second-order valence-electron chi connectivity index (χ2n) is 4.76. The molecule has 2 rings (SSSR count). The summed E-state index contributed by atoms with van der Waals surface area (Å²) in [5.41, 5.74) is 1.92. The van der Waals surface area contributed by atoms with Crippen molar-refractivity contribution in [2.75, 3.05) is 24.2 Å². The fourth-order valence-corrected chi connectivity index (χ4v) is 3.34. The number of nitrogens with one attached hydrogen (secondary N) is 1. The quantitative estimate of drug-likeness (QED) is 0.817. The molecule has 3 nitrogen and oxygen atoms in total. The van der Waals surface area contributed by atoms with Crippen LogP contribution in [0.25, 0.3) is 0 Å². The maximum Gasteiger partial charge on any atom is 0.234 e. The number of benzene rings is 1. The number of carbonyl (C=O) groups is 1. The third kappa shape index (κ3) is 4.46. The first-order valence-electron chi connectivity index (χ1n) is 6.54. The second kappa shape index (κ2) is 7.43. The number of amides is 1. The summed E-state index contributed by atoms with van der Waals surface area (Å²) in [6, 6.07) is 5.77. The minimum atomic E-state index is -0.0155. The molecule has 0 spiro atoms. The summed E-state index contributed by atoms with van der Waals surface area (Å²) in [5, 5.41) is 2.90. The van der Waals surface area contributed by atoms with E-state index in [0.29, 0.717) is 5.75 Å². The molecule has 1 aliphatic heterocycles. The van der Waals surface area contributed by atoms with Crippen LogP contribution >= 0.6 is 39.9 Å². The molecule has 6 heteroatoms. The number of halogens is 1. The second-order valence-corrected chi connectivity index (χ2v) is 7.22. The maximum absolute atomic E-state index is 11.9. The van der Waals surface area contributed by atoms with Crippen molar-refractivity contribution in [3.05, 3.63) is 28.2 Å². The topological polar surface area (TPSA) is 32.3 Å². The molecule has 0 saturated carbocycles. The van der Waals surface area contributed by atoms with E-state index in [9.17, 15) is 4.79 Å². The fraction of sp³-hybridized carbons (Fsp3) is 0.429. The number of anilines is 1. The Morgan fingerprint density at radius 1 is 1.45 bits per heavy atom. The predicted molar refractivity (Wildman–Crippen MR) is 93.4 cm³/mol. The zero-order valence-electron chi connectivity index (χ0n) is 11.3. The first-order valence-corrected chi connectivity index (χ1v) is 8.72. The van der Waals surface area contributed by atoms with Crippen molar-refractivity contribution < 1.29 is 4.79 Å². The normalized spacial score (nSPS) is 14.4. The van der Waals surface area contributed by atoms with Gasteiger partial charge in [0.25, 0.3) is 0 Å². The highest BCUT2D eigenvalue weighted by atomic mass is 79.9. The molecule has 0 aromatic heterocycles. The van der Waals surface area contributed by atoms with Gasteiger partial charge in [0.15, 0.2) is 0 Å². The monoisotopic (exact) mass is 372 g/mol. The average molecular weight is 373 g/mol. The van der Waals surface area contributed by atoms with E-state index < -0.39 is 0 Å². The van der Waals surface area contributed by atoms with Crippen molar-refractivity contribution in [1.82, 2.24) is 4.90 Å². The van der Waals surface area contributed by atoms with Crippen molar-refractivity contribution >= 4 is 55.8 Å². The van der Waals surface area contributed by atoms with Gasteiger partial charge in [0.1, 0.15) is 4.32 Å². The Hall–Kier alpha value is -0.590. The van der Waals surface area contributed by atoms with E-state index in [1.165, 1.54) is 24.6 Å². The number of hydrogen-bond donors (Lipinski definition) is 1. The maximum atomic E-state index is 11.9. The molecule has 20 heavy (non-hydrogen) atoms. The lowest BCUT2D eigenvalue weighted by molar-refractivity contribution is -0.113. The van der Waals surface area contributed by atoms with Gasteiger partial charge in [-0.15, -0.1) is 0 Å². The van der Waals surface area contributed by atoms with Crippen molar-refractivity contribution in [3.63, 3.8) is 0 Å².